The van der Waals surface area contributed by atoms with Crippen LogP contribution in [0.1, 0.15) is 39.2 Å². The minimum Gasteiger partial charge on any atom is -0.484 e. The number of amides is 1. The van der Waals surface area contributed by atoms with Crippen molar-refractivity contribution in [3.05, 3.63) is 29.8 Å². The van der Waals surface area contributed by atoms with Crippen LogP contribution in [0.5, 0.6) is 5.75 Å². The summed E-state index contributed by atoms with van der Waals surface area (Å²) in [5.74, 6) is 1.32. The van der Waals surface area contributed by atoms with Crippen LogP contribution in [0.25, 0.3) is 0 Å². The van der Waals surface area contributed by atoms with Crippen LogP contribution in [-0.2, 0) is 4.79 Å². The Balaban J connectivity index is 1.88. The normalized spacial score (nSPS) is 22.4. The Morgan fingerprint density at radius 1 is 1.33 bits per heavy atom. The molecule has 4 heteroatoms. The largest absolute Gasteiger partial charge is 0.484 e. The van der Waals surface area contributed by atoms with Crippen LogP contribution in [0.2, 0.25) is 0 Å². The average Bonchev–Trinajstić information content (AvgIpc) is 2.48. The summed E-state index contributed by atoms with van der Waals surface area (Å²) in [6, 6.07) is 8.52. The first kappa shape index (κ1) is 15.8. The van der Waals surface area contributed by atoms with Crippen LogP contribution >= 0.6 is 0 Å². The highest BCUT2D eigenvalue weighted by Gasteiger charge is 2.28. The van der Waals surface area contributed by atoms with E-state index in [1.807, 2.05) is 17.0 Å². The van der Waals surface area contributed by atoms with Crippen molar-refractivity contribution < 1.29 is 9.53 Å². The van der Waals surface area contributed by atoms with Crippen molar-refractivity contribution in [2.75, 3.05) is 19.7 Å². The summed E-state index contributed by atoms with van der Waals surface area (Å²) in [5.41, 5.74) is 1.28. The van der Waals surface area contributed by atoms with Gasteiger partial charge in [-0.3, -0.25) is 4.79 Å². The summed E-state index contributed by atoms with van der Waals surface area (Å²) in [6.07, 6.45) is 0. The third kappa shape index (κ3) is 3.97. The number of piperazine rings is 1. The molecule has 2 unspecified atom stereocenters. The van der Waals surface area contributed by atoms with E-state index in [9.17, 15) is 4.79 Å². The van der Waals surface area contributed by atoms with E-state index in [0.717, 1.165) is 18.8 Å². The van der Waals surface area contributed by atoms with Crippen molar-refractivity contribution >= 4 is 5.91 Å². The second-order valence-electron chi connectivity index (χ2n) is 6.08. The van der Waals surface area contributed by atoms with Crippen LogP contribution in [-0.4, -0.2) is 42.6 Å². The molecule has 0 radical (unpaired) electrons. The fourth-order valence-corrected chi connectivity index (χ4v) is 2.59. The molecular formula is C17H26N2O2. The van der Waals surface area contributed by atoms with E-state index in [2.05, 4.69) is 45.1 Å². The Labute approximate surface area is 127 Å². The zero-order valence-corrected chi connectivity index (χ0v) is 13.4. The monoisotopic (exact) mass is 290 g/mol. The molecule has 0 aliphatic carbocycles. The molecule has 1 aromatic rings. The van der Waals surface area contributed by atoms with E-state index < -0.39 is 0 Å². The first-order valence-electron chi connectivity index (χ1n) is 7.74. The van der Waals surface area contributed by atoms with Crippen LogP contribution in [0, 0.1) is 0 Å². The van der Waals surface area contributed by atoms with Gasteiger partial charge in [0.05, 0.1) is 0 Å². The van der Waals surface area contributed by atoms with Gasteiger partial charge in [-0.2, -0.15) is 0 Å². The smallest absolute Gasteiger partial charge is 0.260 e. The minimum absolute atomic E-state index is 0.0591. The fraction of sp³-hybridized carbons (Fsp3) is 0.588. The van der Waals surface area contributed by atoms with Gasteiger partial charge in [-0.05, 0) is 37.5 Å². The summed E-state index contributed by atoms with van der Waals surface area (Å²) in [7, 11) is 0. The first-order chi connectivity index (χ1) is 9.99. The molecule has 1 aliphatic rings. The third-order valence-electron chi connectivity index (χ3n) is 4.26. The van der Waals surface area contributed by atoms with Gasteiger partial charge in [0.15, 0.2) is 6.61 Å². The molecule has 2 atom stereocenters. The highest BCUT2D eigenvalue weighted by atomic mass is 16.5. The third-order valence-corrected chi connectivity index (χ3v) is 4.26. The Hall–Kier alpha value is -1.55. The lowest BCUT2D eigenvalue weighted by Gasteiger charge is -2.38. The minimum atomic E-state index is 0.0591. The van der Waals surface area contributed by atoms with E-state index in [4.69, 9.17) is 4.74 Å². The highest BCUT2D eigenvalue weighted by molar-refractivity contribution is 5.78. The summed E-state index contributed by atoms with van der Waals surface area (Å²) >= 11 is 0. The summed E-state index contributed by atoms with van der Waals surface area (Å²) in [6.45, 7) is 10.2. The van der Waals surface area contributed by atoms with Gasteiger partial charge in [-0.25, -0.2) is 0 Å². The molecule has 0 saturated carbocycles. The van der Waals surface area contributed by atoms with E-state index in [0.29, 0.717) is 12.0 Å². The first-order valence-corrected chi connectivity index (χ1v) is 7.74. The fourth-order valence-electron chi connectivity index (χ4n) is 2.59. The molecule has 1 aromatic carbocycles. The number of hydrogen-bond acceptors (Lipinski definition) is 3. The summed E-state index contributed by atoms with van der Waals surface area (Å²) < 4.78 is 5.63. The molecule has 116 valence electrons. The highest BCUT2D eigenvalue weighted by Crippen LogP contribution is 2.19. The van der Waals surface area contributed by atoms with Gasteiger partial charge in [0.25, 0.3) is 5.91 Å². The number of carbonyl (C=O) groups is 1. The Morgan fingerprint density at radius 2 is 2.00 bits per heavy atom. The molecule has 1 fully saturated rings. The maximum atomic E-state index is 12.3. The van der Waals surface area contributed by atoms with E-state index in [1.165, 1.54) is 5.56 Å². The van der Waals surface area contributed by atoms with Gasteiger partial charge in [0.2, 0.25) is 0 Å². The lowest BCUT2D eigenvalue weighted by molar-refractivity contribution is -0.137. The van der Waals surface area contributed by atoms with Gasteiger partial charge in [0, 0.05) is 25.2 Å². The van der Waals surface area contributed by atoms with Crippen LogP contribution in [0.3, 0.4) is 0 Å². The van der Waals surface area contributed by atoms with Gasteiger partial charge in [-0.1, -0.05) is 26.0 Å². The van der Waals surface area contributed by atoms with Crippen LogP contribution < -0.4 is 10.1 Å². The predicted molar refractivity (Wildman–Crippen MR) is 84.7 cm³/mol. The van der Waals surface area contributed by atoms with E-state index in [1.54, 1.807) is 0 Å². The number of carbonyl (C=O) groups excluding carboxylic acids is 1. The lowest BCUT2D eigenvalue weighted by Crippen LogP contribution is -2.58. The Kier molecular flexibility index (Phi) is 5.23. The van der Waals surface area contributed by atoms with Crippen molar-refractivity contribution in [3.8, 4) is 5.75 Å². The topological polar surface area (TPSA) is 41.6 Å². The number of rotatable bonds is 4. The molecule has 21 heavy (non-hydrogen) atoms. The average molecular weight is 290 g/mol. The van der Waals surface area contributed by atoms with Crippen molar-refractivity contribution in [1.82, 2.24) is 10.2 Å². The second kappa shape index (κ2) is 6.94. The van der Waals surface area contributed by atoms with Gasteiger partial charge in [-0.15, -0.1) is 0 Å². The van der Waals surface area contributed by atoms with Gasteiger partial charge < -0.3 is 15.0 Å². The maximum Gasteiger partial charge on any atom is 0.260 e. The van der Waals surface area contributed by atoms with Crippen LogP contribution in [0.4, 0.5) is 0 Å². The zero-order chi connectivity index (χ0) is 15.4. The Morgan fingerprint density at radius 3 is 2.62 bits per heavy atom. The molecule has 1 saturated heterocycles. The molecule has 0 aromatic heterocycles. The molecular weight excluding hydrogens is 264 g/mol. The molecule has 1 aliphatic heterocycles. The molecule has 1 N–H and O–H groups in total. The molecule has 0 spiro atoms. The molecule has 1 amide bonds. The number of nitrogens with zero attached hydrogens (tertiary/aromatic N) is 1. The van der Waals surface area contributed by atoms with Crippen LogP contribution in [0.15, 0.2) is 24.3 Å². The quantitative estimate of drug-likeness (QED) is 0.926. The van der Waals surface area contributed by atoms with Gasteiger partial charge >= 0.3 is 0 Å². The van der Waals surface area contributed by atoms with Crippen molar-refractivity contribution in [2.45, 2.75) is 45.7 Å². The number of ether oxygens (including phenoxy) is 1. The molecule has 4 nitrogen and oxygen atoms in total. The lowest BCUT2D eigenvalue weighted by atomic mass is 10.0. The maximum absolute atomic E-state index is 12.3. The second-order valence-corrected chi connectivity index (χ2v) is 6.08. The molecule has 0 bridgehead atoms. The van der Waals surface area contributed by atoms with Gasteiger partial charge in [0.1, 0.15) is 5.75 Å². The molecule has 1 heterocycles. The number of benzene rings is 1. The van der Waals surface area contributed by atoms with Crippen molar-refractivity contribution in [2.24, 2.45) is 0 Å². The molecule has 2 rings (SSSR count). The van der Waals surface area contributed by atoms with E-state index >= 15 is 0 Å². The SMILES string of the molecule is CC(C)c1ccc(OCC(=O)N2CCNC(C)C2C)cc1. The zero-order valence-electron chi connectivity index (χ0n) is 13.4. The Bertz CT molecular complexity index is 470. The number of hydrogen-bond donors (Lipinski definition) is 1. The summed E-state index contributed by atoms with van der Waals surface area (Å²) in [4.78, 5) is 14.2. The predicted octanol–water partition coefficient (Wildman–Crippen LogP) is 2.40. The summed E-state index contributed by atoms with van der Waals surface area (Å²) in [5, 5.41) is 3.37. The van der Waals surface area contributed by atoms with Crippen molar-refractivity contribution in [3.63, 3.8) is 0 Å². The van der Waals surface area contributed by atoms with Crippen molar-refractivity contribution in [1.29, 1.82) is 0 Å². The van der Waals surface area contributed by atoms with E-state index in [-0.39, 0.29) is 18.6 Å². The number of nitrogens with one attached hydrogen (secondary N) is 1. The standard InChI is InChI=1S/C17H26N2O2/c1-12(2)15-5-7-16(8-6-15)21-11-17(20)19-10-9-18-13(3)14(19)4/h5-8,12-14,18H,9-11H2,1-4H3.